The third kappa shape index (κ3) is 3.33. The molecule has 17 heavy (non-hydrogen) atoms. The molecule has 0 saturated heterocycles. The second kappa shape index (κ2) is 5.36. The van der Waals surface area contributed by atoms with Gasteiger partial charge < -0.3 is 9.15 Å². The Hall–Kier alpha value is -1.29. The Morgan fingerprint density at radius 1 is 1.47 bits per heavy atom. The summed E-state index contributed by atoms with van der Waals surface area (Å²) in [4.78, 5) is 13.7. The number of rotatable bonds is 5. The van der Waals surface area contributed by atoms with Crippen molar-refractivity contribution >= 4 is 5.97 Å². The highest BCUT2D eigenvalue weighted by Gasteiger charge is 2.34. The molecule has 1 aromatic rings. The van der Waals surface area contributed by atoms with E-state index in [1.54, 1.807) is 0 Å². The molecule has 0 saturated carbocycles. The molecule has 0 aliphatic rings. The molecule has 0 atom stereocenters. The summed E-state index contributed by atoms with van der Waals surface area (Å²) >= 11 is 0. The summed E-state index contributed by atoms with van der Waals surface area (Å²) in [7, 11) is 1.88. The fourth-order valence-corrected chi connectivity index (χ4v) is 1.47. The Morgan fingerprint density at radius 2 is 2.12 bits per heavy atom. The van der Waals surface area contributed by atoms with E-state index in [-0.39, 0.29) is 5.97 Å². The van der Waals surface area contributed by atoms with Crippen molar-refractivity contribution < 1.29 is 13.9 Å². The van der Waals surface area contributed by atoms with Gasteiger partial charge in [-0.1, -0.05) is 0 Å². The number of nitrogens with zero attached hydrogens (tertiary/aromatic N) is 1. The van der Waals surface area contributed by atoms with Crippen molar-refractivity contribution in [1.29, 1.82) is 0 Å². The molecule has 96 valence electrons. The van der Waals surface area contributed by atoms with Gasteiger partial charge in [-0.25, -0.2) is 0 Å². The van der Waals surface area contributed by atoms with E-state index in [9.17, 15) is 4.79 Å². The molecule has 4 heteroatoms. The summed E-state index contributed by atoms with van der Waals surface area (Å²) in [5.74, 6) is 1.51. The first-order valence-electron chi connectivity index (χ1n) is 5.81. The molecule has 0 unspecified atom stereocenters. The van der Waals surface area contributed by atoms with E-state index in [2.05, 4.69) is 0 Å². The van der Waals surface area contributed by atoms with Gasteiger partial charge >= 0.3 is 5.97 Å². The van der Waals surface area contributed by atoms with E-state index in [1.165, 1.54) is 0 Å². The van der Waals surface area contributed by atoms with Gasteiger partial charge in [0.05, 0.1) is 13.2 Å². The zero-order chi connectivity index (χ0) is 13.1. The molecule has 4 nitrogen and oxygen atoms in total. The van der Waals surface area contributed by atoms with Crippen molar-refractivity contribution in [1.82, 2.24) is 4.90 Å². The summed E-state index contributed by atoms with van der Waals surface area (Å²) in [5.41, 5.74) is -0.656. The van der Waals surface area contributed by atoms with Crippen LogP contribution in [0.1, 0.15) is 32.3 Å². The van der Waals surface area contributed by atoms with Gasteiger partial charge in [0.25, 0.3) is 0 Å². The van der Waals surface area contributed by atoms with E-state index in [0.29, 0.717) is 13.2 Å². The second-order valence-electron chi connectivity index (χ2n) is 4.65. The Bertz CT molecular complexity index is 382. The zero-order valence-corrected chi connectivity index (χ0v) is 11.2. The lowest BCUT2D eigenvalue weighted by Crippen LogP contribution is -2.48. The third-order valence-corrected chi connectivity index (χ3v) is 2.92. The summed E-state index contributed by atoms with van der Waals surface area (Å²) < 4.78 is 10.6. The minimum absolute atomic E-state index is 0.217. The van der Waals surface area contributed by atoms with Crippen LogP contribution in [0.5, 0.6) is 0 Å². The van der Waals surface area contributed by atoms with Crippen LogP contribution in [-0.4, -0.2) is 30.1 Å². The Kier molecular flexibility index (Phi) is 4.34. The molecule has 0 fully saturated rings. The Morgan fingerprint density at radius 3 is 2.59 bits per heavy atom. The third-order valence-electron chi connectivity index (χ3n) is 2.92. The van der Waals surface area contributed by atoms with Crippen molar-refractivity contribution in [3.63, 3.8) is 0 Å². The summed E-state index contributed by atoms with van der Waals surface area (Å²) in [6, 6.07) is 3.84. The molecule has 0 aromatic carbocycles. The molecule has 1 aromatic heterocycles. The lowest BCUT2D eigenvalue weighted by Gasteiger charge is -2.32. The van der Waals surface area contributed by atoms with Crippen molar-refractivity contribution in [2.75, 3.05) is 13.7 Å². The topological polar surface area (TPSA) is 42.7 Å². The predicted octanol–water partition coefficient (Wildman–Crippen LogP) is 2.36. The minimum Gasteiger partial charge on any atom is -0.465 e. The zero-order valence-electron chi connectivity index (χ0n) is 11.2. The van der Waals surface area contributed by atoms with Crippen molar-refractivity contribution in [3.05, 3.63) is 23.7 Å². The highest BCUT2D eigenvalue weighted by Crippen LogP contribution is 2.18. The van der Waals surface area contributed by atoms with Crippen LogP contribution in [0.15, 0.2) is 16.5 Å². The summed E-state index contributed by atoms with van der Waals surface area (Å²) in [6.45, 7) is 8.39. The SMILES string of the molecule is CCOC(=O)C(C)(C)N(C)Cc1ccc(C)o1. The maximum atomic E-state index is 11.8. The quantitative estimate of drug-likeness (QED) is 0.740. The summed E-state index contributed by atoms with van der Waals surface area (Å²) in [5, 5.41) is 0. The molecule has 0 aliphatic heterocycles. The average molecular weight is 239 g/mol. The van der Waals surface area contributed by atoms with Crippen LogP contribution in [-0.2, 0) is 16.1 Å². The number of carbonyl (C=O) groups is 1. The van der Waals surface area contributed by atoms with Gasteiger partial charge in [-0.2, -0.15) is 0 Å². The molecule has 0 radical (unpaired) electrons. The van der Waals surface area contributed by atoms with Gasteiger partial charge in [-0.15, -0.1) is 0 Å². The van der Waals surface area contributed by atoms with Crippen LogP contribution in [0.3, 0.4) is 0 Å². The van der Waals surface area contributed by atoms with Crippen molar-refractivity contribution in [2.24, 2.45) is 0 Å². The van der Waals surface area contributed by atoms with Crippen LogP contribution in [0.2, 0.25) is 0 Å². The van der Waals surface area contributed by atoms with Gasteiger partial charge in [-0.05, 0) is 46.9 Å². The first-order chi connectivity index (χ1) is 7.87. The van der Waals surface area contributed by atoms with Crippen molar-refractivity contribution in [3.8, 4) is 0 Å². The summed E-state index contributed by atoms with van der Waals surface area (Å²) in [6.07, 6.45) is 0. The molecule has 0 N–H and O–H groups in total. The number of aryl methyl sites for hydroxylation is 1. The lowest BCUT2D eigenvalue weighted by atomic mass is 10.0. The maximum Gasteiger partial charge on any atom is 0.325 e. The van der Waals surface area contributed by atoms with E-state index in [4.69, 9.17) is 9.15 Å². The first-order valence-corrected chi connectivity index (χ1v) is 5.81. The van der Waals surface area contributed by atoms with Gasteiger partial charge in [0.15, 0.2) is 0 Å². The van der Waals surface area contributed by atoms with Crippen LogP contribution in [0.4, 0.5) is 0 Å². The number of likely N-dealkylation sites (N-methyl/N-ethyl adjacent to an activating group) is 1. The molecule has 0 amide bonds. The van der Waals surface area contributed by atoms with Crippen LogP contribution < -0.4 is 0 Å². The van der Waals surface area contributed by atoms with Crippen LogP contribution >= 0.6 is 0 Å². The number of ether oxygens (including phenoxy) is 1. The molecule has 0 aliphatic carbocycles. The number of hydrogen-bond donors (Lipinski definition) is 0. The van der Waals surface area contributed by atoms with E-state index >= 15 is 0 Å². The first kappa shape index (κ1) is 13.8. The number of furan rings is 1. The normalized spacial score (nSPS) is 11.9. The van der Waals surface area contributed by atoms with E-state index < -0.39 is 5.54 Å². The molecule has 1 rings (SSSR count). The molecule has 0 spiro atoms. The Labute approximate surface area is 103 Å². The molecular formula is C13H21NO3. The maximum absolute atomic E-state index is 11.8. The standard InChI is InChI=1S/C13H21NO3/c1-6-16-12(15)13(3,4)14(5)9-11-8-7-10(2)17-11/h7-8H,6,9H2,1-5H3. The van der Waals surface area contributed by atoms with Crippen LogP contribution in [0, 0.1) is 6.92 Å². The van der Waals surface area contributed by atoms with E-state index in [0.717, 1.165) is 11.5 Å². The van der Waals surface area contributed by atoms with Gasteiger partial charge in [-0.3, -0.25) is 9.69 Å². The van der Waals surface area contributed by atoms with Gasteiger partial charge in [0.2, 0.25) is 0 Å². The largest absolute Gasteiger partial charge is 0.465 e. The number of carbonyl (C=O) groups excluding carboxylic acids is 1. The van der Waals surface area contributed by atoms with Gasteiger partial charge in [0.1, 0.15) is 17.1 Å². The number of esters is 1. The van der Waals surface area contributed by atoms with Crippen molar-refractivity contribution in [2.45, 2.75) is 39.8 Å². The highest BCUT2D eigenvalue weighted by molar-refractivity contribution is 5.79. The van der Waals surface area contributed by atoms with Crippen LogP contribution in [0.25, 0.3) is 0 Å². The van der Waals surface area contributed by atoms with E-state index in [1.807, 2.05) is 51.8 Å². The predicted molar refractivity (Wildman–Crippen MR) is 65.6 cm³/mol. The monoisotopic (exact) mass is 239 g/mol. The molecule has 1 heterocycles. The Balaban J connectivity index is 2.68. The number of hydrogen-bond acceptors (Lipinski definition) is 4. The molecular weight excluding hydrogens is 218 g/mol. The lowest BCUT2D eigenvalue weighted by molar-refractivity contribution is -0.155. The second-order valence-corrected chi connectivity index (χ2v) is 4.65. The smallest absolute Gasteiger partial charge is 0.325 e. The fraction of sp³-hybridized carbons (Fsp3) is 0.615. The fourth-order valence-electron chi connectivity index (χ4n) is 1.47. The minimum atomic E-state index is -0.656. The average Bonchev–Trinajstić information content (AvgIpc) is 2.64. The van der Waals surface area contributed by atoms with Gasteiger partial charge in [0, 0.05) is 0 Å². The molecule has 0 bridgehead atoms. The highest BCUT2D eigenvalue weighted by atomic mass is 16.5.